The first kappa shape index (κ1) is 21.0. The number of rotatable bonds is 5. The minimum atomic E-state index is -2.28. The van der Waals surface area contributed by atoms with E-state index in [-0.39, 0.29) is 11.9 Å². The lowest BCUT2D eigenvalue weighted by Crippen LogP contribution is -2.18. The average molecular weight is 456 g/mol. The summed E-state index contributed by atoms with van der Waals surface area (Å²) in [5.74, 6) is -10.2. The lowest BCUT2D eigenvalue weighted by atomic mass is 10.1. The van der Waals surface area contributed by atoms with Gasteiger partial charge in [-0.2, -0.15) is 0 Å². The molecule has 0 bridgehead atoms. The van der Waals surface area contributed by atoms with E-state index in [9.17, 15) is 26.7 Å². The lowest BCUT2D eigenvalue weighted by Gasteiger charge is -2.07. The molecule has 1 amide bonds. The van der Waals surface area contributed by atoms with Gasteiger partial charge in [0.2, 0.25) is 18.5 Å². The van der Waals surface area contributed by atoms with Crippen LogP contribution in [0.1, 0.15) is 21.7 Å². The van der Waals surface area contributed by atoms with Crippen molar-refractivity contribution in [3.05, 3.63) is 69.0 Å². The minimum Gasteiger partial charge on any atom is -0.454 e. The second kappa shape index (κ2) is 8.14. The van der Waals surface area contributed by atoms with Gasteiger partial charge in [-0.15, -0.1) is 11.3 Å². The van der Waals surface area contributed by atoms with Crippen molar-refractivity contribution >= 4 is 22.4 Å². The van der Waals surface area contributed by atoms with E-state index in [4.69, 9.17) is 9.47 Å². The summed E-state index contributed by atoms with van der Waals surface area (Å²) in [6.07, 6.45) is -0.560. The van der Waals surface area contributed by atoms with Gasteiger partial charge >= 0.3 is 0 Å². The Hall–Kier alpha value is -3.21. The quantitative estimate of drug-likeness (QED) is 0.345. The van der Waals surface area contributed by atoms with Gasteiger partial charge in [0.1, 0.15) is 0 Å². The molecular formula is C20H13F5N2O3S. The Bertz CT molecular complexity index is 1170. The second-order valence-electron chi connectivity index (χ2n) is 6.67. The number of carbonyl (C=O) groups excluding carboxylic acids is 1. The fourth-order valence-corrected chi connectivity index (χ4v) is 4.02. The Morgan fingerprint density at radius 2 is 1.68 bits per heavy atom. The first-order chi connectivity index (χ1) is 14.7. The number of hydrogen-bond acceptors (Lipinski definition) is 5. The summed E-state index contributed by atoms with van der Waals surface area (Å²) in [6.45, 7) is 1.87. The Balaban J connectivity index is 1.48. The van der Waals surface area contributed by atoms with Crippen LogP contribution in [0.25, 0.3) is 0 Å². The van der Waals surface area contributed by atoms with E-state index in [0.717, 1.165) is 21.8 Å². The molecule has 0 fully saturated rings. The summed E-state index contributed by atoms with van der Waals surface area (Å²) in [4.78, 5) is 17.2. The maximum Gasteiger partial charge on any atom is 0.231 e. The summed E-state index contributed by atoms with van der Waals surface area (Å²) < 4.78 is 77.9. The van der Waals surface area contributed by atoms with Crippen molar-refractivity contribution in [1.82, 2.24) is 4.98 Å². The number of nitrogens with zero attached hydrogens (tertiary/aromatic N) is 1. The van der Waals surface area contributed by atoms with Gasteiger partial charge in [0.25, 0.3) is 0 Å². The van der Waals surface area contributed by atoms with Crippen molar-refractivity contribution in [1.29, 1.82) is 0 Å². The molecule has 1 aliphatic rings. The molecule has 1 aliphatic heterocycles. The zero-order valence-electron chi connectivity index (χ0n) is 15.8. The predicted molar refractivity (Wildman–Crippen MR) is 101 cm³/mol. The van der Waals surface area contributed by atoms with Crippen molar-refractivity contribution in [2.45, 2.75) is 19.8 Å². The number of anilines is 1. The van der Waals surface area contributed by atoms with Crippen molar-refractivity contribution in [3.8, 4) is 11.5 Å². The number of halogens is 5. The van der Waals surface area contributed by atoms with Crippen molar-refractivity contribution in [2.75, 3.05) is 12.1 Å². The molecule has 2 aromatic carbocycles. The number of aromatic nitrogens is 1. The number of fused-ring (bicyclic) bond motifs is 1. The molecule has 0 atom stereocenters. The largest absolute Gasteiger partial charge is 0.454 e. The summed E-state index contributed by atoms with van der Waals surface area (Å²) >= 11 is 1.13. The topological polar surface area (TPSA) is 60.5 Å². The SMILES string of the molecule is Cc1nc(NC(=O)Cc2c(F)c(F)c(F)c(F)c2F)sc1Cc1ccc2c(c1)OCO2. The summed E-state index contributed by atoms with van der Waals surface area (Å²) in [7, 11) is 0. The molecule has 1 aromatic heterocycles. The molecular weight excluding hydrogens is 443 g/mol. The normalized spacial score (nSPS) is 12.3. The number of benzene rings is 2. The number of hydrogen-bond donors (Lipinski definition) is 1. The van der Waals surface area contributed by atoms with Gasteiger partial charge in [-0.1, -0.05) is 6.07 Å². The molecule has 0 saturated carbocycles. The van der Waals surface area contributed by atoms with Gasteiger partial charge < -0.3 is 14.8 Å². The van der Waals surface area contributed by atoms with E-state index in [0.29, 0.717) is 23.6 Å². The zero-order valence-corrected chi connectivity index (χ0v) is 16.6. The van der Waals surface area contributed by atoms with Crippen LogP contribution in [0.5, 0.6) is 11.5 Å². The number of nitrogens with one attached hydrogen (secondary N) is 1. The highest BCUT2D eigenvalue weighted by Gasteiger charge is 2.27. The van der Waals surface area contributed by atoms with Crippen LogP contribution in [-0.4, -0.2) is 17.7 Å². The number of thiazole rings is 1. The molecule has 0 aliphatic carbocycles. The van der Waals surface area contributed by atoms with Crippen LogP contribution in [0.2, 0.25) is 0 Å². The third kappa shape index (κ3) is 4.05. The molecule has 0 radical (unpaired) electrons. The molecule has 5 nitrogen and oxygen atoms in total. The molecule has 31 heavy (non-hydrogen) atoms. The monoisotopic (exact) mass is 456 g/mol. The summed E-state index contributed by atoms with van der Waals surface area (Å²) in [5, 5.41) is 2.48. The maximum atomic E-state index is 13.8. The highest BCUT2D eigenvalue weighted by Crippen LogP contribution is 2.34. The molecule has 162 valence electrons. The third-order valence-corrected chi connectivity index (χ3v) is 5.65. The second-order valence-corrected chi connectivity index (χ2v) is 7.75. The van der Waals surface area contributed by atoms with Crippen molar-refractivity contribution < 1.29 is 36.2 Å². The van der Waals surface area contributed by atoms with Crippen LogP contribution in [0.15, 0.2) is 18.2 Å². The van der Waals surface area contributed by atoms with Gasteiger partial charge in [0, 0.05) is 16.9 Å². The molecule has 4 rings (SSSR count). The van der Waals surface area contributed by atoms with Gasteiger partial charge in [0.05, 0.1) is 12.1 Å². The molecule has 0 saturated heterocycles. The first-order valence-corrected chi connectivity index (χ1v) is 9.71. The van der Waals surface area contributed by atoms with Crippen molar-refractivity contribution in [2.24, 2.45) is 0 Å². The molecule has 11 heteroatoms. The summed E-state index contributed by atoms with van der Waals surface area (Å²) in [6, 6.07) is 5.46. The van der Waals surface area contributed by atoms with Crippen LogP contribution >= 0.6 is 11.3 Å². The number of amides is 1. The number of ether oxygens (including phenoxy) is 2. The van der Waals surface area contributed by atoms with E-state index in [1.54, 1.807) is 13.0 Å². The van der Waals surface area contributed by atoms with E-state index in [1.165, 1.54) is 0 Å². The van der Waals surface area contributed by atoms with Crippen LogP contribution < -0.4 is 14.8 Å². The maximum absolute atomic E-state index is 13.8. The molecule has 3 aromatic rings. The fourth-order valence-electron chi connectivity index (χ4n) is 3.01. The van der Waals surface area contributed by atoms with Gasteiger partial charge in [-0.25, -0.2) is 26.9 Å². The highest BCUT2D eigenvalue weighted by molar-refractivity contribution is 7.15. The number of aryl methyl sites for hydroxylation is 1. The van der Waals surface area contributed by atoms with Crippen LogP contribution in [0, 0.1) is 36.0 Å². The third-order valence-electron chi connectivity index (χ3n) is 4.58. The lowest BCUT2D eigenvalue weighted by molar-refractivity contribution is -0.115. The van der Waals surface area contributed by atoms with E-state index >= 15 is 0 Å². The van der Waals surface area contributed by atoms with E-state index < -0.39 is 47.0 Å². The van der Waals surface area contributed by atoms with Gasteiger partial charge in [-0.05, 0) is 24.6 Å². The van der Waals surface area contributed by atoms with Crippen LogP contribution in [0.4, 0.5) is 27.1 Å². The molecule has 0 unspecified atom stereocenters. The molecule has 2 heterocycles. The van der Waals surface area contributed by atoms with Crippen LogP contribution in [0.3, 0.4) is 0 Å². The smallest absolute Gasteiger partial charge is 0.231 e. The van der Waals surface area contributed by atoms with Gasteiger partial charge in [0.15, 0.2) is 39.9 Å². The van der Waals surface area contributed by atoms with Crippen LogP contribution in [-0.2, 0) is 17.6 Å². The Labute approximate surface area is 176 Å². The molecule has 1 N–H and O–H groups in total. The highest BCUT2D eigenvalue weighted by atomic mass is 32.1. The Kier molecular flexibility index (Phi) is 5.52. The van der Waals surface area contributed by atoms with E-state index in [1.807, 2.05) is 12.1 Å². The molecule has 0 spiro atoms. The Morgan fingerprint density at radius 3 is 2.39 bits per heavy atom. The fraction of sp³-hybridized carbons (Fsp3) is 0.200. The minimum absolute atomic E-state index is 0.141. The Morgan fingerprint density at radius 1 is 1.03 bits per heavy atom. The van der Waals surface area contributed by atoms with Crippen molar-refractivity contribution in [3.63, 3.8) is 0 Å². The van der Waals surface area contributed by atoms with E-state index in [2.05, 4.69) is 10.3 Å². The predicted octanol–water partition coefficient (Wildman–Crippen LogP) is 4.65. The standard InChI is InChI=1S/C20H13F5N2O3S/c1-8-13(5-9-2-3-11-12(4-9)30-7-29-11)31-20(26-8)27-14(28)6-10-15(21)17(23)19(25)18(24)16(10)22/h2-4H,5-7H2,1H3,(H,26,27,28). The number of carbonyl (C=O) groups is 1. The first-order valence-electron chi connectivity index (χ1n) is 8.89. The zero-order chi connectivity index (χ0) is 22.3. The summed E-state index contributed by atoms with van der Waals surface area (Å²) in [5.41, 5.74) is 0.326. The average Bonchev–Trinajstić information content (AvgIpc) is 3.34. The van der Waals surface area contributed by atoms with Gasteiger partial charge in [-0.3, -0.25) is 4.79 Å².